The first-order valence-electron chi connectivity index (χ1n) is 10.2. The fourth-order valence-electron chi connectivity index (χ4n) is 2.62. The summed E-state index contributed by atoms with van der Waals surface area (Å²) in [6.45, 7) is 19.0. The number of piperidine rings is 1. The highest BCUT2D eigenvalue weighted by molar-refractivity contribution is 7.85. The third-order valence-electron chi connectivity index (χ3n) is 5.01. The normalized spacial score (nSPS) is 21.4. The number of hydrogen-bond donors (Lipinski definition) is 3. The summed E-state index contributed by atoms with van der Waals surface area (Å²) in [6.07, 6.45) is 1.02. The van der Waals surface area contributed by atoms with Crippen molar-refractivity contribution >= 4 is 24.5 Å². The molecule has 1 heterocycles. The number of aliphatic hydroxyl groups is 1. The van der Waals surface area contributed by atoms with Crippen LogP contribution in [0, 0.1) is 0 Å². The van der Waals surface area contributed by atoms with E-state index in [0.29, 0.717) is 19.3 Å². The van der Waals surface area contributed by atoms with Crippen LogP contribution in [-0.4, -0.2) is 87.6 Å². The summed E-state index contributed by atoms with van der Waals surface area (Å²) in [5.41, 5.74) is -0.516. The number of aliphatic hydroxyl groups excluding tert-OH is 1. The second-order valence-electron chi connectivity index (χ2n) is 10.2. The SMILES string of the molecule is CC(C)(C)OC(=O)N[C@@H]1CCN(CCO)C[C@H]1O[Si](C)(C)C(C)(C)C.CS(=O)(=O)O. The molecule has 0 spiro atoms. The van der Waals surface area contributed by atoms with Gasteiger partial charge in [-0.15, -0.1) is 0 Å². The van der Waals surface area contributed by atoms with Gasteiger partial charge in [0.05, 0.1) is 25.0 Å². The third-order valence-corrected chi connectivity index (χ3v) is 9.52. The summed E-state index contributed by atoms with van der Waals surface area (Å²) in [4.78, 5) is 14.4. The molecule has 1 amide bonds. The number of carbonyl (C=O) groups is 1. The lowest BCUT2D eigenvalue weighted by molar-refractivity contribution is 0.0212. The van der Waals surface area contributed by atoms with Gasteiger partial charge in [0, 0.05) is 19.6 Å². The lowest BCUT2D eigenvalue weighted by Crippen LogP contribution is -2.59. The summed E-state index contributed by atoms with van der Waals surface area (Å²) in [5, 5.41) is 12.4. The molecule has 180 valence electrons. The van der Waals surface area contributed by atoms with E-state index >= 15 is 0 Å². The zero-order valence-electron chi connectivity index (χ0n) is 20.0. The van der Waals surface area contributed by atoms with Crippen LogP contribution in [0.15, 0.2) is 0 Å². The van der Waals surface area contributed by atoms with E-state index in [1.165, 1.54) is 0 Å². The molecule has 1 aliphatic rings. The number of β-amino-alcohol motifs (C(OH)–C–C–N with tert-alkyl or cyclic N) is 1. The first kappa shape index (κ1) is 29.3. The number of hydrogen-bond acceptors (Lipinski definition) is 7. The van der Waals surface area contributed by atoms with E-state index < -0.39 is 30.1 Å². The molecule has 2 atom stereocenters. The molecule has 0 aromatic rings. The zero-order chi connectivity index (χ0) is 24.0. The Balaban J connectivity index is 0.00000150. The van der Waals surface area contributed by atoms with Gasteiger partial charge in [0.2, 0.25) is 0 Å². The van der Waals surface area contributed by atoms with Gasteiger partial charge in [-0.25, -0.2) is 4.79 Å². The van der Waals surface area contributed by atoms with E-state index in [-0.39, 0.29) is 23.8 Å². The molecule has 1 aliphatic heterocycles. The third kappa shape index (κ3) is 12.9. The number of amides is 1. The van der Waals surface area contributed by atoms with E-state index in [4.69, 9.17) is 13.7 Å². The highest BCUT2D eigenvalue weighted by Crippen LogP contribution is 2.38. The maximum Gasteiger partial charge on any atom is 0.407 e. The predicted octanol–water partition coefficient (Wildman–Crippen LogP) is 2.47. The van der Waals surface area contributed by atoms with E-state index in [1.807, 2.05) is 20.8 Å². The summed E-state index contributed by atoms with van der Waals surface area (Å²) in [7, 11) is -5.63. The van der Waals surface area contributed by atoms with Gasteiger partial charge in [-0.05, 0) is 45.3 Å². The molecule has 0 unspecified atom stereocenters. The van der Waals surface area contributed by atoms with Crippen LogP contribution in [0.5, 0.6) is 0 Å². The molecule has 0 aliphatic carbocycles. The topological polar surface area (TPSA) is 125 Å². The van der Waals surface area contributed by atoms with E-state index in [0.717, 1.165) is 13.0 Å². The van der Waals surface area contributed by atoms with Gasteiger partial charge in [0.25, 0.3) is 10.1 Å². The molecular formula is C19H42N2O7SSi. The smallest absolute Gasteiger partial charge is 0.407 e. The Kier molecular flexibility index (Phi) is 11.0. The Morgan fingerprint density at radius 2 is 1.70 bits per heavy atom. The maximum absolute atomic E-state index is 12.2. The summed E-state index contributed by atoms with van der Waals surface area (Å²) in [5.74, 6) is 0. The van der Waals surface area contributed by atoms with Crippen molar-refractivity contribution in [3.63, 3.8) is 0 Å². The Labute approximate surface area is 183 Å². The maximum atomic E-state index is 12.2. The fraction of sp³-hybridized carbons (Fsp3) is 0.947. The van der Waals surface area contributed by atoms with Crippen molar-refractivity contribution < 1.29 is 32.0 Å². The van der Waals surface area contributed by atoms with Crippen molar-refractivity contribution in [3.8, 4) is 0 Å². The second-order valence-corrected chi connectivity index (χ2v) is 16.4. The summed E-state index contributed by atoms with van der Waals surface area (Å²) < 4.78 is 37.9. The zero-order valence-corrected chi connectivity index (χ0v) is 21.8. The molecule has 11 heteroatoms. The molecular weight excluding hydrogens is 428 g/mol. The number of alkyl carbamates (subject to hydrolysis) is 1. The largest absolute Gasteiger partial charge is 0.444 e. The van der Waals surface area contributed by atoms with E-state index in [1.54, 1.807) is 0 Å². The minimum Gasteiger partial charge on any atom is -0.444 e. The molecule has 30 heavy (non-hydrogen) atoms. The summed E-state index contributed by atoms with van der Waals surface area (Å²) >= 11 is 0. The van der Waals surface area contributed by atoms with Crippen LogP contribution in [0.2, 0.25) is 18.1 Å². The van der Waals surface area contributed by atoms with Crippen molar-refractivity contribution in [2.75, 3.05) is 32.5 Å². The predicted molar refractivity (Wildman–Crippen MR) is 121 cm³/mol. The monoisotopic (exact) mass is 470 g/mol. The number of rotatable bonds is 5. The average molecular weight is 471 g/mol. The fourth-order valence-corrected chi connectivity index (χ4v) is 3.97. The number of likely N-dealkylation sites (tertiary alicyclic amines) is 1. The summed E-state index contributed by atoms with van der Waals surface area (Å²) in [6, 6.07) is -0.0704. The number of carbonyl (C=O) groups excluding carboxylic acids is 1. The molecule has 1 fully saturated rings. The Morgan fingerprint density at radius 3 is 2.10 bits per heavy atom. The molecule has 1 rings (SSSR count). The first-order valence-corrected chi connectivity index (χ1v) is 14.9. The molecule has 3 N–H and O–H groups in total. The minimum absolute atomic E-state index is 0.0704. The standard InChI is InChI=1S/C18H38N2O4Si.CH4O3S/c1-17(2,3)23-16(22)19-14-9-10-20(11-12-21)13-15(14)24-25(7,8)18(4,5)6;1-5(2,3)4/h14-15,21H,9-13H2,1-8H3,(H,19,22);1H3,(H,2,3,4)/t14-,15-;/m1./s1. The molecule has 0 bridgehead atoms. The van der Waals surface area contributed by atoms with Gasteiger partial charge in [-0.2, -0.15) is 8.42 Å². The van der Waals surface area contributed by atoms with Gasteiger partial charge in [0.1, 0.15) is 5.60 Å². The van der Waals surface area contributed by atoms with Gasteiger partial charge < -0.3 is 19.6 Å². The molecule has 0 aromatic carbocycles. The van der Waals surface area contributed by atoms with Gasteiger partial charge in [0.15, 0.2) is 8.32 Å². The van der Waals surface area contributed by atoms with Crippen LogP contribution in [0.4, 0.5) is 4.79 Å². The van der Waals surface area contributed by atoms with Gasteiger partial charge in [-0.3, -0.25) is 9.45 Å². The Hall–Kier alpha value is -0.723. The quantitative estimate of drug-likeness (QED) is 0.413. The lowest BCUT2D eigenvalue weighted by atomic mass is 10.0. The van der Waals surface area contributed by atoms with Crippen molar-refractivity contribution in [3.05, 3.63) is 0 Å². The Morgan fingerprint density at radius 1 is 1.20 bits per heavy atom. The van der Waals surface area contributed by atoms with Crippen molar-refractivity contribution in [2.24, 2.45) is 0 Å². The van der Waals surface area contributed by atoms with Crippen LogP contribution >= 0.6 is 0 Å². The van der Waals surface area contributed by atoms with Crippen molar-refractivity contribution in [1.82, 2.24) is 10.2 Å². The van der Waals surface area contributed by atoms with E-state index in [2.05, 4.69) is 44.1 Å². The highest BCUT2D eigenvalue weighted by Gasteiger charge is 2.42. The van der Waals surface area contributed by atoms with Gasteiger partial charge in [-0.1, -0.05) is 20.8 Å². The molecule has 0 saturated carbocycles. The van der Waals surface area contributed by atoms with Crippen LogP contribution in [-0.2, 0) is 19.3 Å². The van der Waals surface area contributed by atoms with Crippen LogP contribution < -0.4 is 5.32 Å². The molecule has 9 nitrogen and oxygen atoms in total. The number of nitrogens with one attached hydrogen (secondary N) is 1. The van der Waals surface area contributed by atoms with Crippen LogP contribution in [0.1, 0.15) is 48.0 Å². The minimum atomic E-state index is -3.67. The average Bonchev–Trinajstić information content (AvgIpc) is 2.45. The molecule has 1 saturated heterocycles. The number of nitrogens with zero attached hydrogens (tertiary/aromatic N) is 1. The van der Waals surface area contributed by atoms with Gasteiger partial charge >= 0.3 is 6.09 Å². The molecule has 0 radical (unpaired) electrons. The van der Waals surface area contributed by atoms with Crippen LogP contribution in [0.25, 0.3) is 0 Å². The number of ether oxygens (including phenoxy) is 1. The first-order chi connectivity index (χ1) is 13.2. The Bertz CT molecular complexity index is 634. The van der Waals surface area contributed by atoms with E-state index in [9.17, 15) is 18.3 Å². The highest BCUT2D eigenvalue weighted by atomic mass is 32.2. The molecule has 0 aromatic heterocycles. The second kappa shape index (κ2) is 11.2. The van der Waals surface area contributed by atoms with Crippen molar-refractivity contribution in [1.29, 1.82) is 0 Å². The van der Waals surface area contributed by atoms with Crippen molar-refractivity contribution in [2.45, 2.75) is 83.8 Å². The lowest BCUT2D eigenvalue weighted by Gasteiger charge is -2.45. The van der Waals surface area contributed by atoms with Crippen LogP contribution in [0.3, 0.4) is 0 Å².